The summed E-state index contributed by atoms with van der Waals surface area (Å²) >= 11 is 0. The molecule has 0 aliphatic heterocycles. The van der Waals surface area contributed by atoms with Crippen LogP contribution in [0.2, 0.25) is 0 Å². The van der Waals surface area contributed by atoms with Crippen LogP contribution >= 0.6 is 0 Å². The molecule has 0 heterocycles. The van der Waals surface area contributed by atoms with Crippen molar-refractivity contribution in [2.45, 2.75) is 32.6 Å². The summed E-state index contributed by atoms with van der Waals surface area (Å²) in [6, 6.07) is 0. The van der Waals surface area contributed by atoms with Crippen LogP contribution in [0.25, 0.3) is 0 Å². The van der Waals surface area contributed by atoms with Crippen LogP contribution in [0.15, 0.2) is 0 Å². The molecule has 3 N–H and O–H groups in total. The molecule has 0 rings (SSSR count). The Bertz CT molecular complexity index is 294. The average molecular weight is 258 g/mol. The first-order valence-electron chi connectivity index (χ1n) is 5.27. The van der Waals surface area contributed by atoms with E-state index in [1.807, 2.05) is 11.6 Å². The maximum atomic E-state index is 12.7. The number of halogens is 2. The molecule has 1 atom stereocenters. The molecule has 0 bridgehead atoms. The van der Waals surface area contributed by atoms with Crippen LogP contribution in [0.1, 0.15) is 26.7 Å². The molecule has 7 heteroatoms. The van der Waals surface area contributed by atoms with Crippen LogP contribution in [0.5, 0.6) is 0 Å². The maximum Gasteiger partial charge on any atom is 0.273 e. The number of rotatable bonds is 8. The molecule has 98 valence electrons. The number of alkyl halides is 2. The summed E-state index contributed by atoms with van der Waals surface area (Å²) in [7, 11) is -3.63. The first-order valence-corrected chi connectivity index (χ1v) is 6.93. The maximum absolute atomic E-state index is 12.7. The number of nitrogens with two attached hydrogens (primary N) is 1. The highest BCUT2D eigenvalue weighted by Gasteiger charge is 2.29. The second-order valence-corrected chi connectivity index (χ2v) is 5.91. The van der Waals surface area contributed by atoms with Gasteiger partial charge in [-0.05, 0) is 12.3 Å². The van der Waals surface area contributed by atoms with Gasteiger partial charge in [-0.3, -0.25) is 0 Å². The van der Waals surface area contributed by atoms with Gasteiger partial charge in [-0.15, -0.1) is 0 Å². The number of hydrogen-bond donors (Lipinski definition) is 2. The largest absolute Gasteiger partial charge is 0.325 e. The molecule has 0 saturated carbocycles. The van der Waals surface area contributed by atoms with E-state index in [1.54, 1.807) is 6.92 Å². The topological polar surface area (TPSA) is 72.2 Å². The van der Waals surface area contributed by atoms with Crippen LogP contribution in [0.4, 0.5) is 8.78 Å². The minimum absolute atomic E-state index is 0.0333. The van der Waals surface area contributed by atoms with Crippen LogP contribution in [-0.2, 0) is 10.0 Å². The second kappa shape index (κ2) is 6.46. The van der Waals surface area contributed by atoms with E-state index in [2.05, 4.69) is 0 Å². The molecule has 0 aromatic carbocycles. The monoisotopic (exact) mass is 258 g/mol. The van der Waals surface area contributed by atoms with Crippen molar-refractivity contribution in [1.29, 1.82) is 0 Å². The molecule has 0 radical (unpaired) electrons. The fourth-order valence-electron chi connectivity index (χ4n) is 1.30. The van der Waals surface area contributed by atoms with Gasteiger partial charge in [-0.25, -0.2) is 21.9 Å². The van der Waals surface area contributed by atoms with Gasteiger partial charge < -0.3 is 5.73 Å². The van der Waals surface area contributed by atoms with E-state index in [9.17, 15) is 17.2 Å². The Morgan fingerprint density at radius 2 is 2.00 bits per heavy atom. The fourth-order valence-corrected chi connectivity index (χ4v) is 2.76. The second-order valence-electron chi connectivity index (χ2n) is 4.06. The molecule has 0 amide bonds. The van der Waals surface area contributed by atoms with Crippen molar-refractivity contribution < 1.29 is 17.2 Å². The molecular formula is C9H20F2N2O2S. The lowest BCUT2D eigenvalue weighted by Crippen LogP contribution is -2.42. The molecule has 0 aromatic rings. The smallest absolute Gasteiger partial charge is 0.273 e. The van der Waals surface area contributed by atoms with Crippen molar-refractivity contribution in [2.75, 3.05) is 18.8 Å². The highest BCUT2D eigenvalue weighted by Crippen LogP contribution is 2.11. The summed E-state index contributed by atoms with van der Waals surface area (Å²) in [5, 5.41) is 0. The lowest BCUT2D eigenvalue weighted by Gasteiger charge is -2.16. The van der Waals surface area contributed by atoms with E-state index in [0.717, 1.165) is 12.8 Å². The standard InChI is InChI=1S/C9H20F2N2O2S/c1-3-4-8(2)5-16(14,15)13-7-9(10,11)6-12/h8,13H,3-7,12H2,1-2H3. The zero-order valence-electron chi connectivity index (χ0n) is 9.67. The average Bonchev–Trinajstić information content (AvgIpc) is 2.15. The van der Waals surface area contributed by atoms with Gasteiger partial charge in [0.1, 0.15) is 0 Å². The van der Waals surface area contributed by atoms with Gasteiger partial charge in [0, 0.05) is 0 Å². The van der Waals surface area contributed by atoms with Crippen molar-refractivity contribution in [3.05, 3.63) is 0 Å². The quantitative estimate of drug-likeness (QED) is 0.680. The van der Waals surface area contributed by atoms with Crippen molar-refractivity contribution >= 4 is 10.0 Å². The molecule has 1 unspecified atom stereocenters. The molecule has 0 aliphatic rings. The third-order valence-electron chi connectivity index (χ3n) is 2.13. The van der Waals surface area contributed by atoms with Crippen LogP contribution < -0.4 is 10.5 Å². The Kier molecular flexibility index (Phi) is 6.35. The highest BCUT2D eigenvalue weighted by atomic mass is 32.2. The Balaban J connectivity index is 4.16. The molecule has 16 heavy (non-hydrogen) atoms. The Morgan fingerprint density at radius 3 is 2.44 bits per heavy atom. The van der Waals surface area contributed by atoms with Crippen molar-refractivity contribution in [3.63, 3.8) is 0 Å². The number of nitrogens with one attached hydrogen (secondary N) is 1. The molecule has 0 saturated heterocycles. The van der Waals surface area contributed by atoms with E-state index >= 15 is 0 Å². The molecule has 0 aromatic heterocycles. The summed E-state index contributed by atoms with van der Waals surface area (Å²) in [5.74, 6) is -3.34. The van der Waals surface area contributed by atoms with Gasteiger partial charge in [0.25, 0.3) is 5.92 Å². The summed E-state index contributed by atoms with van der Waals surface area (Å²) in [4.78, 5) is 0. The summed E-state index contributed by atoms with van der Waals surface area (Å²) < 4.78 is 50.1. The predicted molar refractivity (Wildman–Crippen MR) is 59.9 cm³/mol. The first kappa shape index (κ1) is 15.7. The molecule has 0 aliphatic carbocycles. The van der Waals surface area contributed by atoms with E-state index in [0.29, 0.717) is 0 Å². The van der Waals surface area contributed by atoms with E-state index in [4.69, 9.17) is 5.73 Å². The van der Waals surface area contributed by atoms with Gasteiger partial charge in [-0.1, -0.05) is 20.3 Å². The van der Waals surface area contributed by atoms with E-state index in [-0.39, 0.29) is 11.7 Å². The Labute approximate surface area is 95.6 Å². The van der Waals surface area contributed by atoms with Crippen molar-refractivity contribution in [3.8, 4) is 0 Å². The summed E-state index contributed by atoms with van der Waals surface area (Å²) in [6.07, 6.45) is 1.63. The fraction of sp³-hybridized carbons (Fsp3) is 1.00. The normalized spacial score (nSPS) is 15.1. The Morgan fingerprint density at radius 1 is 1.44 bits per heavy atom. The lowest BCUT2D eigenvalue weighted by atomic mass is 10.1. The lowest BCUT2D eigenvalue weighted by molar-refractivity contribution is 0.0170. The predicted octanol–water partition coefficient (Wildman–Crippen LogP) is 0.936. The third kappa shape index (κ3) is 7.08. The molecule has 0 fully saturated rings. The first-order chi connectivity index (χ1) is 7.22. The van der Waals surface area contributed by atoms with Gasteiger partial charge >= 0.3 is 0 Å². The van der Waals surface area contributed by atoms with Crippen LogP contribution in [-0.4, -0.2) is 33.2 Å². The zero-order chi connectivity index (χ0) is 12.8. The van der Waals surface area contributed by atoms with E-state index in [1.165, 1.54) is 0 Å². The minimum Gasteiger partial charge on any atom is -0.325 e. The highest BCUT2D eigenvalue weighted by molar-refractivity contribution is 7.89. The number of sulfonamides is 1. The van der Waals surface area contributed by atoms with Crippen molar-refractivity contribution in [2.24, 2.45) is 11.7 Å². The third-order valence-corrected chi connectivity index (χ3v) is 3.73. The van der Waals surface area contributed by atoms with Crippen LogP contribution in [0.3, 0.4) is 0 Å². The molecule has 4 nitrogen and oxygen atoms in total. The van der Waals surface area contributed by atoms with Crippen LogP contribution in [0, 0.1) is 5.92 Å². The minimum atomic E-state index is -3.63. The van der Waals surface area contributed by atoms with Gasteiger partial charge in [0.05, 0.1) is 18.8 Å². The molecule has 0 spiro atoms. The van der Waals surface area contributed by atoms with Gasteiger partial charge in [0.2, 0.25) is 10.0 Å². The SMILES string of the molecule is CCCC(C)CS(=O)(=O)NCC(F)(F)CN. The van der Waals surface area contributed by atoms with Gasteiger partial charge in [0.15, 0.2) is 0 Å². The summed E-state index contributed by atoms with van der Waals surface area (Å²) in [5.41, 5.74) is 4.80. The number of hydrogen-bond acceptors (Lipinski definition) is 3. The summed E-state index contributed by atoms with van der Waals surface area (Å²) in [6.45, 7) is 1.94. The van der Waals surface area contributed by atoms with Gasteiger partial charge in [-0.2, -0.15) is 0 Å². The molecular weight excluding hydrogens is 238 g/mol. The zero-order valence-corrected chi connectivity index (χ0v) is 10.5. The van der Waals surface area contributed by atoms with E-state index < -0.39 is 29.0 Å². The van der Waals surface area contributed by atoms with Crippen molar-refractivity contribution in [1.82, 2.24) is 4.72 Å². The Hall–Kier alpha value is -0.270.